The van der Waals surface area contributed by atoms with Crippen molar-refractivity contribution >= 4 is 57.5 Å². The van der Waals surface area contributed by atoms with Crippen molar-refractivity contribution in [3.8, 4) is 0 Å². The van der Waals surface area contributed by atoms with Crippen LogP contribution in [0.5, 0.6) is 0 Å². The molecule has 0 heterocycles. The second-order valence-corrected chi connectivity index (χ2v) is 3.78. The number of carbonyl (C=O) groups excluding carboxylic acids is 1. The number of halogens is 4. The van der Waals surface area contributed by atoms with E-state index >= 15 is 0 Å². The highest BCUT2D eigenvalue weighted by Crippen LogP contribution is 2.27. The largest absolute Gasteiger partial charge is 0.321 e. The van der Waals surface area contributed by atoms with Crippen molar-refractivity contribution in [3.05, 3.63) is 28.2 Å². The molecule has 2 nitrogen and oxygen atoms in total. The summed E-state index contributed by atoms with van der Waals surface area (Å²) in [6.07, 6.45) is 0. The lowest BCUT2D eigenvalue weighted by molar-refractivity contribution is 0.265. The van der Waals surface area contributed by atoms with E-state index in [2.05, 4.69) is 0 Å². The van der Waals surface area contributed by atoms with Crippen LogP contribution in [0.1, 0.15) is 0 Å². The van der Waals surface area contributed by atoms with E-state index in [4.69, 9.17) is 46.4 Å². The minimum atomic E-state index is -0.668. The van der Waals surface area contributed by atoms with Crippen molar-refractivity contribution in [3.63, 3.8) is 0 Å². The van der Waals surface area contributed by atoms with Gasteiger partial charge in [0.15, 0.2) is 0 Å². The van der Waals surface area contributed by atoms with Gasteiger partial charge in [0.2, 0.25) is 0 Å². The molecule has 14 heavy (non-hydrogen) atoms. The molecule has 1 rings (SSSR count). The molecule has 0 aliphatic heterocycles. The number of hydrogen-bond donors (Lipinski definition) is 0. The first-order valence-electron chi connectivity index (χ1n) is 3.54. The van der Waals surface area contributed by atoms with Gasteiger partial charge in [-0.05, 0) is 29.8 Å². The molecule has 0 N–H and O–H groups in total. The van der Waals surface area contributed by atoms with Gasteiger partial charge in [-0.1, -0.05) is 23.2 Å². The van der Waals surface area contributed by atoms with E-state index in [0.29, 0.717) is 15.7 Å². The highest BCUT2D eigenvalue weighted by Gasteiger charge is 2.12. The van der Waals surface area contributed by atoms with Crippen LogP contribution in [0.2, 0.25) is 10.0 Å². The van der Waals surface area contributed by atoms with Crippen LogP contribution in [0, 0.1) is 0 Å². The number of amides is 1. The van der Waals surface area contributed by atoms with E-state index in [0.717, 1.165) is 4.90 Å². The summed E-state index contributed by atoms with van der Waals surface area (Å²) >= 11 is 22.3. The predicted molar refractivity (Wildman–Crippen MR) is 60.9 cm³/mol. The normalized spacial score (nSPS) is 10.0. The summed E-state index contributed by atoms with van der Waals surface area (Å²) in [5, 5.41) is 0.0857. The molecule has 6 heteroatoms. The summed E-state index contributed by atoms with van der Waals surface area (Å²) in [5.41, 5.74) is 0.509. The zero-order valence-corrected chi connectivity index (χ0v) is 9.83. The Morgan fingerprint density at radius 3 is 2.36 bits per heavy atom. The lowest BCUT2D eigenvalue weighted by atomic mass is 10.3. The lowest BCUT2D eigenvalue weighted by Crippen LogP contribution is -2.23. The van der Waals surface area contributed by atoms with E-state index in [1.807, 2.05) is 0 Å². The molecule has 0 spiro atoms. The maximum absolute atomic E-state index is 10.9. The van der Waals surface area contributed by atoms with Crippen molar-refractivity contribution in [1.29, 1.82) is 0 Å². The zero-order valence-electron chi connectivity index (χ0n) is 6.81. The first kappa shape index (κ1) is 11.9. The summed E-state index contributed by atoms with van der Waals surface area (Å²) in [4.78, 5) is 12.1. The second-order valence-electron chi connectivity index (χ2n) is 2.40. The molecule has 0 saturated carbocycles. The van der Waals surface area contributed by atoms with Crippen LogP contribution < -0.4 is 4.90 Å². The lowest BCUT2D eigenvalue weighted by Gasteiger charge is -2.16. The molecule has 0 aliphatic rings. The summed E-state index contributed by atoms with van der Waals surface area (Å²) in [5.74, 6) is 0. The van der Waals surface area contributed by atoms with Gasteiger partial charge in [0, 0.05) is 5.69 Å². The quantitative estimate of drug-likeness (QED) is 0.445. The van der Waals surface area contributed by atoms with Crippen LogP contribution in [-0.4, -0.2) is 11.4 Å². The molecule has 0 aliphatic carbocycles. The van der Waals surface area contributed by atoms with Crippen molar-refractivity contribution in [2.24, 2.45) is 0 Å². The molecule has 0 atom stereocenters. The minimum Gasteiger partial charge on any atom is -0.285 e. The smallest absolute Gasteiger partial charge is 0.285 e. The Morgan fingerprint density at radius 2 is 1.93 bits per heavy atom. The molecule has 0 unspecified atom stereocenters. The fraction of sp³-hybridized carbons (Fsp3) is 0.125. The number of anilines is 1. The molecule has 1 aromatic rings. The maximum atomic E-state index is 10.9. The Morgan fingerprint density at radius 1 is 1.29 bits per heavy atom. The predicted octanol–water partition coefficient (Wildman–Crippen LogP) is 4.35. The summed E-state index contributed by atoms with van der Waals surface area (Å²) in [6, 6.07) is 4.66. The zero-order chi connectivity index (χ0) is 10.7. The van der Waals surface area contributed by atoms with Crippen molar-refractivity contribution < 1.29 is 4.79 Å². The Hall–Kier alpha value is -0.150. The molecule has 0 radical (unpaired) electrons. The molecule has 0 aromatic heterocycles. The van der Waals surface area contributed by atoms with Crippen molar-refractivity contribution in [2.75, 3.05) is 10.9 Å². The van der Waals surface area contributed by atoms with Crippen LogP contribution in [0.3, 0.4) is 0 Å². The number of nitrogens with zero attached hydrogens (tertiary/aromatic N) is 1. The molecule has 1 aromatic carbocycles. The van der Waals surface area contributed by atoms with Gasteiger partial charge in [0.05, 0.1) is 10.0 Å². The van der Waals surface area contributed by atoms with Crippen LogP contribution >= 0.6 is 46.4 Å². The fourth-order valence-corrected chi connectivity index (χ4v) is 1.63. The van der Waals surface area contributed by atoms with E-state index in [-0.39, 0.29) is 6.00 Å². The SMILES string of the molecule is O=C(Cl)N(CCl)c1ccc(Cl)c(Cl)c1. The molecule has 76 valence electrons. The average molecular weight is 273 g/mol. The summed E-state index contributed by atoms with van der Waals surface area (Å²) in [6.45, 7) is 0. The van der Waals surface area contributed by atoms with E-state index in [1.165, 1.54) is 6.07 Å². The van der Waals surface area contributed by atoms with Gasteiger partial charge in [-0.25, -0.2) is 0 Å². The standard InChI is InChI=1S/C8H5Cl4NO/c9-4-13(8(12)14)5-1-2-6(10)7(11)3-5/h1-3H,4H2. The first-order chi connectivity index (χ1) is 6.56. The monoisotopic (exact) mass is 271 g/mol. The summed E-state index contributed by atoms with van der Waals surface area (Å²) in [7, 11) is 0. The fourth-order valence-electron chi connectivity index (χ4n) is 0.870. The van der Waals surface area contributed by atoms with Crippen LogP contribution in [-0.2, 0) is 0 Å². The number of benzene rings is 1. The third kappa shape index (κ3) is 2.67. The first-order valence-corrected chi connectivity index (χ1v) is 5.21. The third-order valence-electron chi connectivity index (χ3n) is 1.55. The Bertz CT molecular complexity index is 355. The van der Waals surface area contributed by atoms with Crippen LogP contribution in [0.15, 0.2) is 18.2 Å². The van der Waals surface area contributed by atoms with E-state index in [9.17, 15) is 4.79 Å². The topological polar surface area (TPSA) is 20.3 Å². The molecule has 0 fully saturated rings. The Kier molecular flexibility index (Phi) is 4.32. The van der Waals surface area contributed by atoms with Crippen LogP contribution in [0.4, 0.5) is 10.5 Å². The van der Waals surface area contributed by atoms with Gasteiger partial charge in [0.1, 0.15) is 6.00 Å². The summed E-state index contributed by atoms with van der Waals surface area (Å²) < 4.78 is 0. The average Bonchev–Trinajstić information content (AvgIpc) is 2.11. The molecule has 1 amide bonds. The number of hydrogen-bond acceptors (Lipinski definition) is 1. The Labute approximate surface area is 101 Å². The van der Waals surface area contributed by atoms with Gasteiger partial charge < -0.3 is 0 Å². The van der Waals surface area contributed by atoms with Gasteiger partial charge in [-0.3, -0.25) is 9.69 Å². The third-order valence-corrected chi connectivity index (χ3v) is 2.73. The second kappa shape index (κ2) is 5.08. The van der Waals surface area contributed by atoms with E-state index in [1.54, 1.807) is 12.1 Å². The highest BCUT2D eigenvalue weighted by molar-refractivity contribution is 6.66. The van der Waals surface area contributed by atoms with Gasteiger partial charge >= 0.3 is 5.37 Å². The number of alkyl halides is 1. The van der Waals surface area contributed by atoms with Crippen LogP contribution in [0.25, 0.3) is 0 Å². The van der Waals surface area contributed by atoms with Crippen molar-refractivity contribution in [1.82, 2.24) is 0 Å². The minimum absolute atomic E-state index is 0.0414. The Balaban J connectivity index is 3.06. The molecule has 0 saturated heterocycles. The van der Waals surface area contributed by atoms with Gasteiger partial charge in [-0.15, -0.1) is 11.6 Å². The van der Waals surface area contributed by atoms with Gasteiger partial charge in [-0.2, -0.15) is 0 Å². The highest BCUT2D eigenvalue weighted by atomic mass is 35.5. The molecular weight excluding hydrogens is 268 g/mol. The molecular formula is C8H5Cl4NO. The maximum Gasteiger partial charge on any atom is 0.321 e. The van der Waals surface area contributed by atoms with Crippen molar-refractivity contribution in [2.45, 2.75) is 0 Å². The number of carbonyl (C=O) groups is 1. The number of rotatable bonds is 2. The molecule has 0 bridgehead atoms. The van der Waals surface area contributed by atoms with Gasteiger partial charge in [0.25, 0.3) is 0 Å². The van der Waals surface area contributed by atoms with E-state index < -0.39 is 5.37 Å².